The first-order valence-electron chi connectivity index (χ1n) is 25.7. The molecule has 0 fully saturated rings. The smallest absolute Gasteiger partial charge is 0.306 e. The van der Waals surface area contributed by atoms with Crippen LogP contribution in [0.2, 0.25) is 0 Å². The van der Waals surface area contributed by atoms with Gasteiger partial charge in [0.15, 0.2) is 6.10 Å². The molecule has 0 aliphatic heterocycles. The van der Waals surface area contributed by atoms with E-state index in [0.29, 0.717) is 19.3 Å². The molecule has 0 aliphatic carbocycles. The molecule has 0 rings (SSSR count). The summed E-state index contributed by atoms with van der Waals surface area (Å²) in [5, 5.41) is 0. The Kier molecular flexibility index (Phi) is 48.0. The Balaban J connectivity index is 4.47. The van der Waals surface area contributed by atoms with E-state index in [0.717, 1.165) is 103 Å². The zero-order chi connectivity index (χ0) is 45.8. The lowest BCUT2D eigenvalue weighted by atomic mass is 10.1. The molecule has 0 aliphatic rings. The lowest BCUT2D eigenvalue weighted by Crippen LogP contribution is -2.30. The number of hydrogen-bond donors (Lipinski definition) is 0. The Morgan fingerprint density at radius 1 is 0.333 bits per heavy atom. The number of carbonyl (C=O) groups is 3. The maximum atomic E-state index is 12.8. The number of unbranched alkanes of at least 4 members (excludes halogenated alkanes) is 18. The molecule has 63 heavy (non-hydrogen) atoms. The first-order chi connectivity index (χ1) is 31.0. The van der Waals surface area contributed by atoms with Crippen LogP contribution in [-0.4, -0.2) is 37.2 Å². The average Bonchev–Trinajstić information content (AvgIpc) is 3.28. The van der Waals surface area contributed by atoms with Crippen LogP contribution in [0.4, 0.5) is 0 Å². The minimum atomic E-state index is -0.808. The van der Waals surface area contributed by atoms with Crippen molar-refractivity contribution < 1.29 is 28.6 Å². The fraction of sp³-hybridized carbons (Fsp3) is 0.667. The molecule has 0 radical (unpaired) electrons. The van der Waals surface area contributed by atoms with Gasteiger partial charge in [-0.15, -0.1) is 0 Å². The van der Waals surface area contributed by atoms with Gasteiger partial charge in [-0.05, 0) is 109 Å². The third kappa shape index (κ3) is 49.2. The van der Waals surface area contributed by atoms with Crippen molar-refractivity contribution in [2.75, 3.05) is 13.2 Å². The number of hydrogen-bond acceptors (Lipinski definition) is 6. The molecule has 0 heterocycles. The monoisotopic (exact) mass is 875 g/mol. The van der Waals surface area contributed by atoms with Crippen molar-refractivity contribution in [1.29, 1.82) is 0 Å². The summed E-state index contributed by atoms with van der Waals surface area (Å²) < 4.78 is 16.7. The summed E-state index contributed by atoms with van der Waals surface area (Å²) in [5.74, 6) is -0.986. The van der Waals surface area contributed by atoms with E-state index in [1.54, 1.807) is 0 Å². The number of allylic oxidation sites excluding steroid dienone is 16. The molecule has 0 amide bonds. The quantitative estimate of drug-likeness (QED) is 0.0262. The van der Waals surface area contributed by atoms with E-state index in [1.807, 2.05) is 0 Å². The molecular formula is C57H94O6. The van der Waals surface area contributed by atoms with Gasteiger partial charge in [0.25, 0.3) is 0 Å². The Morgan fingerprint density at radius 3 is 1.10 bits per heavy atom. The van der Waals surface area contributed by atoms with E-state index in [1.165, 1.54) is 77.0 Å². The molecule has 0 aromatic carbocycles. The molecular weight excluding hydrogens is 781 g/mol. The summed E-state index contributed by atoms with van der Waals surface area (Å²) in [6.45, 7) is 6.39. The normalized spacial score (nSPS) is 12.9. The highest BCUT2D eigenvalue weighted by molar-refractivity contribution is 5.71. The lowest BCUT2D eigenvalue weighted by Gasteiger charge is -2.18. The third-order valence-electron chi connectivity index (χ3n) is 10.5. The van der Waals surface area contributed by atoms with Gasteiger partial charge in [0.1, 0.15) is 13.2 Å². The van der Waals surface area contributed by atoms with E-state index in [9.17, 15) is 14.4 Å². The molecule has 0 bridgehead atoms. The molecule has 6 nitrogen and oxygen atoms in total. The highest BCUT2D eigenvalue weighted by Gasteiger charge is 2.19. The number of carbonyl (C=O) groups excluding carboxylic acids is 3. The largest absolute Gasteiger partial charge is 0.462 e. The predicted octanol–water partition coefficient (Wildman–Crippen LogP) is 17.0. The summed E-state index contributed by atoms with van der Waals surface area (Å²) in [5.41, 5.74) is 0. The van der Waals surface area contributed by atoms with Crippen LogP contribution in [0.1, 0.15) is 226 Å². The number of ether oxygens (including phenoxy) is 3. The lowest BCUT2D eigenvalue weighted by molar-refractivity contribution is -0.167. The van der Waals surface area contributed by atoms with Crippen LogP contribution in [0.25, 0.3) is 0 Å². The maximum Gasteiger partial charge on any atom is 0.306 e. The molecule has 0 aromatic rings. The van der Waals surface area contributed by atoms with Crippen molar-refractivity contribution in [2.45, 2.75) is 232 Å². The topological polar surface area (TPSA) is 78.9 Å². The van der Waals surface area contributed by atoms with Gasteiger partial charge in [-0.3, -0.25) is 14.4 Å². The van der Waals surface area contributed by atoms with Crippen molar-refractivity contribution in [3.8, 4) is 0 Å². The fourth-order valence-electron chi connectivity index (χ4n) is 6.66. The summed E-state index contributed by atoms with van der Waals surface area (Å²) in [4.78, 5) is 37.9. The second kappa shape index (κ2) is 51.0. The minimum absolute atomic E-state index is 0.104. The van der Waals surface area contributed by atoms with Crippen molar-refractivity contribution in [2.24, 2.45) is 0 Å². The molecule has 0 unspecified atom stereocenters. The highest BCUT2D eigenvalue weighted by atomic mass is 16.6. The Morgan fingerprint density at radius 2 is 0.651 bits per heavy atom. The van der Waals surface area contributed by atoms with Crippen LogP contribution >= 0.6 is 0 Å². The zero-order valence-electron chi connectivity index (χ0n) is 40.8. The summed E-state index contributed by atoms with van der Waals surface area (Å²) >= 11 is 0. The van der Waals surface area contributed by atoms with Crippen LogP contribution < -0.4 is 0 Å². The molecule has 0 saturated heterocycles. The van der Waals surface area contributed by atoms with E-state index in [2.05, 4.69) is 118 Å². The fourth-order valence-corrected chi connectivity index (χ4v) is 6.66. The van der Waals surface area contributed by atoms with Gasteiger partial charge in [-0.25, -0.2) is 0 Å². The van der Waals surface area contributed by atoms with Gasteiger partial charge in [-0.1, -0.05) is 195 Å². The van der Waals surface area contributed by atoms with Crippen LogP contribution in [0.5, 0.6) is 0 Å². The minimum Gasteiger partial charge on any atom is -0.462 e. The van der Waals surface area contributed by atoms with Crippen molar-refractivity contribution in [3.05, 3.63) is 97.2 Å². The maximum absolute atomic E-state index is 12.8. The van der Waals surface area contributed by atoms with Crippen LogP contribution in [0.3, 0.4) is 0 Å². The third-order valence-corrected chi connectivity index (χ3v) is 10.5. The average molecular weight is 875 g/mol. The zero-order valence-corrected chi connectivity index (χ0v) is 40.8. The van der Waals surface area contributed by atoms with Crippen molar-refractivity contribution >= 4 is 17.9 Å². The standard InChI is InChI=1S/C57H94O6/c1-4-7-10-13-16-19-22-24-26-28-30-32-35-37-40-43-46-49-55(58)61-52-54(63-57(60)51-48-45-42-39-34-21-18-15-12-9-6-3)53-62-56(59)50-47-44-41-38-36-33-31-29-27-25-23-20-17-14-11-8-5-2/h7,10,15-20,24-27,30,32,37,40,54H,4-6,8-9,11-14,21-23,28-29,31,33-36,38-39,41-53H2,1-3H3/b10-7-,18-15-,19-16-,20-17-,26-24-,27-25-,32-30-,40-37-/t54-/m1/s1. The van der Waals surface area contributed by atoms with Gasteiger partial charge in [0.05, 0.1) is 0 Å². The summed E-state index contributed by atoms with van der Waals surface area (Å²) in [6, 6.07) is 0. The molecule has 6 heteroatoms. The number of esters is 3. The Bertz CT molecular complexity index is 1280. The molecule has 358 valence electrons. The first-order valence-corrected chi connectivity index (χ1v) is 25.7. The second-order valence-corrected chi connectivity index (χ2v) is 16.7. The van der Waals surface area contributed by atoms with Gasteiger partial charge < -0.3 is 14.2 Å². The van der Waals surface area contributed by atoms with Gasteiger partial charge in [0, 0.05) is 19.3 Å². The molecule has 0 saturated carbocycles. The Hall–Kier alpha value is -3.67. The van der Waals surface area contributed by atoms with Crippen LogP contribution in [-0.2, 0) is 28.6 Å². The Labute approximate surface area is 387 Å². The van der Waals surface area contributed by atoms with Crippen molar-refractivity contribution in [3.63, 3.8) is 0 Å². The van der Waals surface area contributed by atoms with Gasteiger partial charge in [-0.2, -0.15) is 0 Å². The van der Waals surface area contributed by atoms with E-state index in [4.69, 9.17) is 14.2 Å². The molecule has 1 atom stereocenters. The SMILES string of the molecule is CC/C=C\C/C=C\C/C=C\C/C=C\C/C=C\CCCC(=O)OC[C@H](COC(=O)CCCCCCCCC/C=C\C/C=C\CCCCC)OC(=O)CCCCCCC/C=C\CCCC. The van der Waals surface area contributed by atoms with Crippen LogP contribution in [0.15, 0.2) is 97.2 Å². The second-order valence-electron chi connectivity index (χ2n) is 16.7. The van der Waals surface area contributed by atoms with Gasteiger partial charge in [0.2, 0.25) is 0 Å². The predicted molar refractivity (Wildman–Crippen MR) is 270 cm³/mol. The van der Waals surface area contributed by atoms with Gasteiger partial charge >= 0.3 is 17.9 Å². The molecule has 0 N–H and O–H groups in total. The van der Waals surface area contributed by atoms with Crippen molar-refractivity contribution in [1.82, 2.24) is 0 Å². The van der Waals surface area contributed by atoms with Crippen LogP contribution in [0, 0.1) is 0 Å². The molecule has 0 spiro atoms. The summed E-state index contributed by atoms with van der Waals surface area (Å²) in [6.07, 6.45) is 66.8. The first kappa shape index (κ1) is 59.3. The van der Waals surface area contributed by atoms with E-state index in [-0.39, 0.29) is 37.5 Å². The highest BCUT2D eigenvalue weighted by Crippen LogP contribution is 2.13. The van der Waals surface area contributed by atoms with E-state index < -0.39 is 6.10 Å². The van der Waals surface area contributed by atoms with E-state index >= 15 is 0 Å². The summed E-state index contributed by atoms with van der Waals surface area (Å²) in [7, 11) is 0. The molecule has 0 aromatic heterocycles. The number of rotatable bonds is 45.